The van der Waals surface area contributed by atoms with Gasteiger partial charge in [-0.05, 0) is 47.9 Å². The lowest BCUT2D eigenvalue weighted by Gasteiger charge is -2.09. The Morgan fingerprint density at radius 2 is 2.03 bits per heavy atom. The molecule has 0 spiro atoms. The molecule has 1 aliphatic carbocycles. The average molecular weight is 421 g/mol. The lowest BCUT2D eigenvalue weighted by Crippen LogP contribution is -2.15. The van der Waals surface area contributed by atoms with Gasteiger partial charge in [-0.1, -0.05) is 38.1 Å². The Hall–Kier alpha value is -3.05. The standard InChI is InChI=1S/C22H24N6OS/c1-14(2)15-7-9-16(10-8-15)21-25-27-28(26-21)12-11-20(29)24-22-18(13-23)17-5-3-4-6-19(17)30-22/h7-10,14H,3-6,11-12H2,1-2H3,(H,24,29). The molecule has 0 unspecified atom stereocenters. The molecule has 2 heterocycles. The first kappa shape index (κ1) is 20.2. The van der Waals surface area contributed by atoms with Crippen molar-refractivity contribution in [1.82, 2.24) is 20.2 Å². The van der Waals surface area contributed by atoms with E-state index in [1.54, 1.807) is 0 Å². The van der Waals surface area contributed by atoms with E-state index in [9.17, 15) is 10.1 Å². The number of thiophene rings is 1. The van der Waals surface area contributed by atoms with E-state index in [-0.39, 0.29) is 12.3 Å². The van der Waals surface area contributed by atoms with Crippen LogP contribution >= 0.6 is 11.3 Å². The molecule has 7 nitrogen and oxygen atoms in total. The van der Waals surface area contributed by atoms with Crippen molar-refractivity contribution < 1.29 is 4.79 Å². The molecule has 0 bridgehead atoms. The predicted octanol–water partition coefficient (Wildman–Crippen LogP) is 4.30. The maximum Gasteiger partial charge on any atom is 0.226 e. The molecular formula is C22H24N6OS. The molecule has 0 aliphatic heterocycles. The fourth-order valence-corrected chi connectivity index (χ4v) is 4.89. The fraction of sp³-hybridized carbons (Fsp3) is 0.409. The van der Waals surface area contributed by atoms with Gasteiger partial charge in [-0.25, -0.2) is 0 Å². The summed E-state index contributed by atoms with van der Waals surface area (Å²) in [6.07, 6.45) is 4.39. The normalized spacial score (nSPS) is 13.1. The van der Waals surface area contributed by atoms with Gasteiger partial charge in [-0.2, -0.15) is 10.1 Å². The van der Waals surface area contributed by atoms with E-state index in [0.29, 0.717) is 28.9 Å². The van der Waals surface area contributed by atoms with Crippen molar-refractivity contribution in [3.8, 4) is 17.5 Å². The number of hydrogen-bond donors (Lipinski definition) is 1. The molecule has 0 atom stereocenters. The number of benzene rings is 1. The van der Waals surface area contributed by atoms with Crippen LogP contribution in [-0.4, -0.2) is 26.1 Å². The maximum absolute atomic E-state index is 12.4. The molecule has 3 aromatic rings. The third kappa shape index (κ3) is 4.26. The predicted molar refractivity (Wildman–Crippen MR) is 116 cm³/mol. The van der Waals surface area contributed by atoms with Crippen LogP contribution in [0, 0.1) is 11.3 Å². The van der Waals surface area contributed by atoms with E-state index >= 15 is 0 Å². The van der Waals surface area contributed by atoms with Gasteiger partial charge in [0.25, 0.3) is 0 Å². The fourth-order valence-electron chi connectivity index (χ4n) is 3.63. The first-order valence-corrected chi connectivity index (χ1v) is 11.1. The van der Waals surface area contributed by atoms with Crippen LogP contribution in [0.3, 0.4) is 0 Å². The molecule has 0 fully saturated rings. The number of aryl methyl sites for hydroxylation is 2. The molecule has 1 aliphatic rings. The number of fused-ring (bicyclic) bond motifs is 1. The molecule has 0 radical (unpaired) electrons. The van der Waals surface area contributed by atoms with Crippen LogP contribution in [0.25, 0.3) is 11.4 Å². The summed E-state index contributed by atoms with van der Waals surface area (Å²) in [5.74, 6) is 0.866. The number of rotatable bonds is 6. The summed E-state index contributed by atoms with van der Waals surface area (Å²) in [5.41, 5.74) is 3.91. The van der Waals surface area contributed by atoms with Gasteiger partial charge in [0.1, 0.15) is 11.1 Å². The first-order valence-electron chi connectivity index (χ1n) is 10.3. The quantitative estimate of drug-likeness (QED) is 0.641. The van der Waals surface area contributed by atoms with Crippen molar-refractivity contribution in [3.63, 3.8) is 0 Å². The number of nitrogens with one attached hydrogen (secondary N) is 1. The zero-order valence-electron chi connectivity index (χ0n) is 17.2. The van der Waals surface area contributed by atoms with Gasteiger partial charge in [-0.15, -0.1) is 21.5 Å². The number of anilines is 1. The van der Waals surface area contributed by atoms with E-state index in [1.165, 1.54) is 26.6 Å². The number of nitriles is 1. The summed E-state index contributed by atoms with van der Waals surface area (Å²) >= 11 is 1.54. The molecule has 154 valence electrons. The minimum atomic E-state index is -0.148. The van der Waals surface area contributed by atoms with Crippen molar-refractivity contribution >= 4 is 22.2 Å². The van der Waals surface area contributed by atoms with Gasteiger partial charge in [0.05, 0.1) is 12.1 Å². The highest BCUT2D eigenvalue weighted by molar-refractivity contribution is 7.16. The number of aromatic nitrogens is 4. The van der Waals surface area contributed by atoms with Crippen LogP contribution in [0.15, 0.2) is 24.3 Å². The van der Waals surface area contributed by atoms with Crippen molar-refractivity contribution in [2.75, 3.05) is 5.32 Å². The summed E-state index contributed by atoms with van der Waals surface area (Å²) in [4.78, 5) is 15.1. The smallest absolute Gasteiger partial charge is 0.226 e. The SMILES string of the molecule is CC(C)c1ccc(-c2nnn(CCC(=O)Nc3sc4c(c3C#N)CCCC4)n2)cc1. The van der Waals surface area contributed by atoms with Gasteiger partial charge >= 0.3 is 0 Å². The lowest BCUT2D eigenvalue weighted by atomic mass is 9.96. The van der Waals surface area contributed by atoms with Crippen LogP contribution in [0.2, 0.25) is 0 Å². The van der Waals surface area contributed by atoms with E-state index < -0.39 is 0 Å². The second-order valence-electron chi connectivity index (χ2n) is 7.81. The number of carbonyl (C=O) groups excluding carboxylic acids is 1. The molecular weight excluding hydrogens is 396 g/mol. The molecule has 2 aromatic heterocycles. The van der Waals surface area contributed by atoms with Crippen molar-refractivity contribution in [2.24, 2.45) is 0 Å². The second kappa shape index (κ2) is 8.76. The topological polar surface area (TPSA) is 96.5 Å². The largest absolute Gasteiger partial charge is 0.317 e. The summed E-state index contributed by atoms with van der Waals surface area (Å²) in [6.45, 7) is 4.63. The zero-order chi connectivity index (χ0) is 21.1. The Morgan fingerprint density at radius 3 is 2.77 bits per heavy atom. The van der Waals surface area contributed by atoms with E-state index in [0.717, 1.165) is 36.8 Å². The summed E-state index contributed by atoms with van der Waals surface area (Å²) in [5, 5.41) is 25.7. The van der Waals surface area contributed by atoms with Crippen LogP contribution in [0.5, 0.6) is 0 Å². The van der Waals surface area contributed by atoms with Crippen LogP contribution in [0.4, 0.5) is 5.00 Å². The third-order valence-electron chi connectivity index (χ3n) is 5.36. The van der Waals surface area contributed by atoms with Crippen LogP contribution in [0.1, 0.15) is 60.6 Å². The molecule has 8 heteroatoms. The Morgan fingerprint density at radius 1 is 1.27 bits per heavy atom. The van der Waals surface area contributed by atoms with E-state index in [4.69, 9.17) is 0 Å². The van der Waals surface area contributed by atoms with Crippen molar-refractivity contribution in [1.29, 1.82) is 5.26 Å². The average Bonchev–Trinajstić information content (AvgIpc) is 3.36. The highest BCUT2D eigenvalue weighted by Crippen LogP contribution is 2.37. The minimum Gasteiger partial charge on any atom is -0.317 e. The number of amides is 1. The molecule has 0 saturated heterocycles. The van der Waals surface area contributed by atoms with Gasteiger partial charge in [-0.3, -0.25) is 4.79 Å². The number of carbonyl (C=O) groups is 1. The van der Waals surface area contributed by atoms with Crippen molar-refractivity contribution in [2.45, 2.75) is 58.4 Å². The van der Waals surface area contributed by atoms with Gasteiger partial charge in [0, 0.05) is 16.9 Å². The van der Waals surface area contributed by atoms with Gasteiger partial charge in [0.15, 0.2) is 0 Å². The third-order valence-corrected chi connectivity index (χ3v) is 6.57. The van der Waals surface area contributed by atoms with Crippen LogP contribution < -0.4 is 5.32 Å². The highest BCUT2D eigenvalue weighted by atomic mass is 32.1. The number of tetrazole rings is 1. The van der Waals surface area contributed by atoms with Crippen molar-refractivity contribution in [3.05, 3.63) is 45.8 Å². The Kier molecular flexibility index (Phi) is 5.91. The highest BCUT2D eigenvalue weighted by Gasteiger charge is 2.21. The Balaban J connectivity index is 1.37. The molecule has 30 heavy (non-hydrogen) atoms. The maximum atomic E-state index is 12.4. The van der Waals surface area contributed by atoms with Gasteiger partial charge in [0.2, 0.25) is 11.7 Å². The molecule has 1 aromatic carbocycles. The molecule has 1 N–H and O–H groups in total. The van der Waals surface area contributed by atoms with E-state index in [2.05, 4.69) is 52.8 Å². The summed E-state index contributed by atoms with van der Waals surface area (Å²) in [7, 11) is 0. The summed E-state index contributed by atoms with van der Waals surface area (Å²) < 4.78 is 0. The Labute approximate surface area is 179 Å². The number of hydrogen-bond acceptors (Lipinski definition) is 6. The monoisotopic (exact) mass is 420 g/mol. The van der Waals surface area contributed by atoms with Gasteiger partial charge < -0.3 is 5.32 Å². The second-order valence-corrected chi connectivity index (χ2v) is 8.92. The van der Waals surface area contributed by atoms with E-state index in [1.807, 2.05) is 12.1 Å². The van der Waals surface area contributed by atoms with Crippen LogP contribution in [-0.2, 0) is 24.2 Å². The zero-order valence-corrected chi connectivity index (χ0v) is 18.0. The molecule has 1 amide bonds. The minimum absolute atomic E-state index is 0.148. The molecule has 4 rings (SSSR count). The number of nitrogens with zero attached hydrogens (tertiary/aromatic N) is 5. The Bertz CT molecular complexity index is 1090. The summed E-state index contributed by atoms with van der Waals surface area (Å²) in [6, 6.07) is 10.4. The molecule has 0 saturated carbocycles. The first-order chi connectivity index (χ1) is 14.5. The lowest BCUT2D eigenvalue weighted by molar-refractivity contribution is -0.116.